The van der Waals surface area contributed by atoms with Crippen molar-refractivity contribution in [2.45, 2.75) is 13.3 Å². The molecular weight excluding hydrogens is 332 g/mol. The summed E-state index contributed by atoms with van der Waals surface area (Å²) in [5, 5.41) is 13.6. The van der Waals surface area contributed by atoms with Gasteiger partial charge in [0.2, 0.25) is 0 Å². The monoisotopic (exact) mass is 350 g/mol. The molecule has 1 aliphatic rings. The van der Waals surface area contributed by atoms with Gasteiger partial charge in [-0.25, -0.2) is 0 Å². The van der Waals surface area contributed by atoms with Crippen LogP contribution in [0.15, 0.2) is 42.5 Å². The number of aromatic nitrogens is 1. The number of hydrogen-bond acceptors (Lipinski definition) is 5. The lowest BCUT2D eigenvalue weighted by Crippen LogP contribution is -2.15. The standard InChI is InChI=1S/C20H18N2O4/c1-12-15(11-19(23)24)20(14-4-2-3-5-16(14)21-12)22-13-6-7-17-18(10-13)26-9-8-25-17/h2-7,10H,8-9,11H2,1H3,(H,21,22)(H,23,24). The van der Waals surface area contributed by atoms with Crippen LogP contribution in [0.4, 0.5) is 11.4 Å². The highest BCUT2D eigenvalue weighted by Gasteiger charge is 2.17. The summed E-state index contributed by atoms with van der Waals surface area (Å²) in [4.78, 5) is 15.9. The maximum atomic E-state index is 11.4. The van der Waals surface area contributed by atoms with Crippen LogP contribution in [0.1, 0.15) is 11.3 Å². The summed E-state index contributed by atoms with van der Waals surface area (Å²) < 4.78 is 11.2. The molecule has 3 aromatic rings. The highest BCUT2D eigenvalue weighted by molar-refractivity contribution is 5.96. The van der Waals surface area contributed by atoms with Gasteiger partial charge in [0.05, 0.1) is 17.6 Å². The van der Waals surface area contributed by atoms with E-state index < -0.39 is 5.97 Å². The van der Waals surface area contributed by atoms with Crippen molar-refractivity contribution in [1.82, 2.24) is 4.98 Å². The fraction of sp³-hybridized carbons (Fsp3) is 0.200. The van der Waals surface area contributed by atoms with Crippen LogP contribution in [0.2, 0.25) is 0 Å². The van der Waals surface area contributed by atoms with Gasteiger partial charge in [-0.2, -0.15) is 0 Å². The number of carboxylic acid groups (broad SMARTS) is 1. The first-order valence-electron chi connectivity index (χ1n) is 8.38. The highest BCUT2D eigenvalue weighted by atomic mass is 16.6. The second kappa shape index (κ2) is 6.55. The van der Waals surface area contributed by atoms with E-state index in [1.54, 1.807) is 0 Å². The van der Waals surface area contributed by atoms with Crippen LogP contribution >= 0.6 is 0 Å². The molecule has 0 unspecified atom stereocenters. The van der Waals surface area contributed by atoms with E-state index in [1.807, 2.05) is 49.4 Å². The Hall–Kier alpha value is -3.28. The SMILES string of the molecule is Cc1nc2ccccc2c(Nc2ccc3c(c2)OCCO3)c1CC(=O)O. The van der Waals surface area contributed by atoms with E-state index in [9.17, 15) is 9.90 Å². The molecule has 0 atom stereocenters. The Bertz CT molecular complexity index is 1000. The smallest absolute Gasteiger partial charge is 0.307 e. The summed E-state index contributed by atoms with van der Waals surface area (Å²) in [6.07, 6.45) is -0.101. The molecule has 2 aromatic carbocycles. The van der Waals surface area contributed by atoms with Gasteiger partial charge in [-0.15, -0.1) is 0 Å². The predicted molar refractivity (Wildman–Crippen MR) is 98.5 cm³/mol. The van der Waals surface area contributed by atoms with Crippen molar-refractivity contribution < 1.29 is 19.4 Å². The van der Waals surface area contributed by atoms with Gasteiger partial charge in [0.25, 0.3) is 0 Å². The van der Waals surface area contributed by atoms with Crippen molar-refractivity contribution in [1.29, 1.82) is 0 Å². The molecule has 1 aromatic heterocycles. The molecule has 0 aliphatic carbocycles. The topological polar surface area (TPSA) is 80.7 Å². The van der Waals surface area contributed by atoms with E-state index in [0.717, 1.165) is 22.3 Å². The maximum Gasteiger partial charge on any atom is 0.307 e. The fourth-order valence-electron chi connectivity index (χ4n) is 3.15. The van der Waals surface area contributed by atoms with Crippen LogP contribution in [0.3, 0.4) is 0 Å². The third-order valence-electron chi connectivity index (χ3n) is 4.34. The Morgan fingerprint density at radius 3 is 2.73 bits per heavy atom. The first kappa shape index (κ1) is 16.2. The molecular formula is C20H18N2O4. The Balaban J connectivity index is 1.82. The molecule has 1 aliphatic heterocycles. The second-order valence-corrected chi connectivity index (χ2v) is 6.12. The second-order valence-electron chi connectivity index (χ2n) is 6.12. The van der Waals surface area contributed by atoms with Gasteiger partial charge in [-0.05, 0) is 25.1 Å². The molecule has 0 amide bonds. The van der Waals surface area contributed by atoms with E-state index in [-0.39, 0.29) is 6.42 Å². The van der Waals surface area contributed by atoms with Crippen molar-refractivity contribution in [3.8, 4) is 11.5 Å². The average Bonchev–Trinajstić information content (AvgIpc) is 2.64. The number of pyridine rings is 1. The van der Waals surface area contributed by atoms with Gasteiger partial charge in [-0.3, -0.25) is 9.78 Å². The lowest BCUT2D eigenvalue weighted by Gasteiger charge is -2.20. The Morgan fingerprint density at radius 2 is 1.92 bits per heavy atom. The third kappa shape index (κ3) is 3.01. The van der Waals surface area contributed by atoms with Gasteiger partial charge in [-0.1, -0.05) is 18.2 Å². The summed E-state index contributed by atoms with van der Waals surface area (Å²) >= 11 is 0. The molecule has 0 fully saturated rings. The number of aliphatic carboxylic acids is 1. The molecule has 0 radical (unpaired) electrons. The number of nitrogens with one attached hydrogen (secondary N) is 1. The van der Waals surface area contributed by atoms with Crippen LogP contribution < -0.4 is 14.8 Å². The third-order valence-corrected chi connectivity index (χ3v) is 4.34. The zero-order chi connectivity index (χ0) is 18.1. The number of carbonyl (C=O) groups is 1. The van der Waals surface area contributed by atoms with Crippen molar-refractivity contribution in [3.63, 3.8) is 0 Å². The normalized spacial score (nSPS) is 12.8. The van der Waals surface area contributed by atoms with Crippen LogP contribution in [-0.4, -0.2) is 29.3 Å². The van der Waals surface area contributed by atoms with E-state index in [2.05, 4.69) is 10.3 Å². The summed E-state index contributed by atoms with van der Waals surface area (Å²) in [7, 11) is 0. The molecule has 4 rings (SSSR count). The van der Waals surface area contributed by atoms with E-state index in [0.29, 0.717) is 36.0 Å². The fourth-order valence-corrected chi connectivity index (χ4v) is 3.15. The van der Waals surface area contributed by atoms with E-state index in [4.69, 9.17) is 9.47 Å². The van der Waals surface area contributed by atoms with Crippen LogP contribution in [0, 0.1) is 6.92 Å². The molecule has 2 N–H and O–H groups in total. The van der Waals surface area contributed by atoms with Crippen molar-refractivity contribution in [2.75, 3.05) is 18.5 Å². The number of hydrogen-bond donors (Lipinski definition) is 2. The molecule has 0 bridgehead atoms. The largest absolute Gasteiger partial charge is 0.486 e. The van der Waals surface area contributed by atoms with Gasteiger partial charge in [0.15, 0.2) is 11.5 Å². The Morgan fingerprint density at radius 1 is 1.15 bits per heavy atom. The molecule has 0 saturated heterocycles. The summed E-state index contributed by atoms with van der Waals surface area (Å²) in [6, 6.07) is 13.3. The molecule has 6 nitrogen and oxygen atoms in total. The first-order valence-corrected chi connectivity index (χ1v) is 8.38. The number of nitrogens with zero attached hydrogens (tertiary/aromatic N) is 1. The minimum atomic E-state index is -0.893. The van der Waals surface area contributed by atoms with Crippen LogP contribution in [-0.2, 0) is 11.2 Å². The molecule has 132 valence electrons. The number of carboxylic acids is 1. The zero-order valence-electron chi connectivity index (χ0n) is 14.3. The Kier molecular flexibility index (Phi) is 4.08. The zero-order valence-corrected chi connectivity index (χ0v) is 14.3. The van der Waals surface area contributed by atoms with Crippen LogP contribution in [0.25, 0.3) is 10.9 Å². The first-order chi connectivity index (χ1) is 12.6. The van der Waals surface area contributed by atoms with Gasteiger partial charge < -0.3 is 19.9 Å². The lowest BCUT2D eigenvalue weighted by molar-refractivity contribution is -0.136. The van der Waals surface area contributed by atoms with Crippen molar-refractivity contribution in [2.24, 2.45) is 0 Å². The maximum absolute atomic E-state index is 11.4. The van der Waals surface area contributed by atoms with Crippen molar-refractivity contribution >= 4 is 28.2 Å². The summed E-state index contributed by atoms with van der Waals surface area (Å²) in [5.41, 5.74) is 3.75. The molecule has 0 spiro atoms. The van der Waals surface area contributed by atoms with Gasteiger partial charge in [0, 0.05) is 28.4 Å². The summed E-state index contributed by atoms with van der Waals surface area (Å²) in [5.74, 6) is 0.495. The molecule has 26 heavy (non-hydrogen) atoms. The number of ether oxygens (including phenoxy) is 2. The quantitative estimate of drug-likeness (QED) is 0.747. The minimum absolute atomic E-state index is 0.101. The summed E-state index contributed by atoms with van der Waals surface area (Å²) in [6.45, 7) is 2.88. The predicted octanol–water partition coefficient (Wildman–Crippen LogP) is 3.69. The molecule has 2 heterocycles. The number of benzene rings is 2. The van der Waals surface area contributed by atoms with Crippen LogP contribution in [0.5, 0.6) is 11.5 Å². The van der Waals surface area contributed by atoms with E-state index >= 15 is 0 Å². The molecule has 0 saturated carbocycles. The highest BCUT2D eigenvalue weighted by Crippen LogP contribution is 2.36. The Labute approximate surface area is 150 Å². The number of rotatable bonds is 4. The lowest BCUT2D eigenvalue weighted by atomic mass is 10.0. The number of para-hydroxylation sites is 1. The van der Waals surface area contributed by atoms with Crippen molar-refractivity contribution in [3.05, 3.63) is 53.7 Å². The number of fused-ring (bicyclic) bond motifs is 2. The number of aryl methyl sites for hydroxylation is 1. The number of anilines is 2. The van der Waals surface area contributed by atoms with Gasteiger partial charge in [0.1, 0.15) is 13.2 Å². The molecule has 6 heteroatoms. The average molecular weight is 350 g/mol. The van der Waals surface area contributed by atoms with E-state index in [1.165, 1.54) is 0 Å². The minimum Gasteiger partial charge on any atom is -0.486 e. The van der Waals surface area contributed by atoms with Gasteiger partial charge >= 0.3 is 5.97 Å².